The summed E-state index contributed by atoms with van der Waals surface area (Å²) >= 11 is 5.97. The van der Waals surface area contributed by atoms with Gasteiger partial charge in [-0.1, -0.05) is 18.5 Å². The normalized spacial score (nSPS) is 24.2. The Morgan fingerprint density at radius 1 is 1.43 bits per heavy atom. The lowest BCUT2D eigenvalue weighted by Gasteiger charge is -2.25. The van der Waals surface area contributed by atoms with Crippen molar-refractivity contribution in [1.82, 2.24) is 0 Å². The first kappa shape index (κ1) is 16.3. The van der Waals surface area contributed by atoms with Gasteiger partial charge in [-0.25, -0.2) is 4.39 Å². The molecule has 0 spiro atoms. The van der Waals surface area contributed by atoms with Gasteiger partial charge in [0.25, 0.3) is 5.91 Å². The number of rotatable bonds is 3. The van der Waals surface area contributed by atoms with Gasteiger partial charge in [0.05, 0.1) is 23.9 Å². The Labute approximate surface area is 141 Å². The topological polar surface area (TPSA) is 29.5 Å². The quantitative estimate of drug-likeness (QED) is 0.798. The maximum atomic E-state index is 14.5. The molecule has 1 amide bonds. The van der Waals surface area contributed by atoms with Crippen LogP contribution in [0.1, 0.15) is 39.5 Å². The molecule has 0 saturated carbocycles. The number of ether oxygens (including phenoxy) is 1. The van der Waals surface area contributed by atoms with E-state index in [1.165, 1.54) is 24.8 Å². The largest absolute Gasteiger partial charge is 0.495 e. The van der Waals surface area contributed by atoms with Crippen LogP contribution in [0, 0.1) is 11.7 Å². The van der Waals surface area contributed by atoms with E-state index in [1.54, 1.807) is 4.90 Å². The molecule has 0 N–H and O–H groups in total. The minimum atomic E-state index is -0.496. The molecule has 0 fully saturated rings. The third kappa shape index (κ3) is 2.53. The van der Waals surface area contributed by atoms with Crippen LogP contribution in [0.5, 0.6) is 5.75 Å². The maximum absolute atomic E-state index is 14.5. The summed E-state index contributed by atoms with van der Waals surface area (Å²) in [6, 6.07) is 2.61. The number of anilines is 1. The van der Waals surface area contributed by atoms with Gasteiger partial charge in [-0.2, -0.15) is 0 Å². The zero-order valence-corrected chi connectivity index (χ0v) is 14.4. The molecule has 2 aliphatic rings. The van der Waals surface area contributed by atoms with Gasteiger partial charge < -0.3 is 4.74 Å². The highest BCUT2D eigenvalue weighted by Crippen LogP contribution is 2.44. The number of halogens is 2. The molecule has 1 aromatic carbocycles. The molecular formula is C18H21ClFNO2. The molecule has 1 aliphatic heterocycles. The first-order chi connectivity index (χ1) is 11.0. The monoisotopic (exact) mass is 337 g/mol. The highest BCUT2D eigenvalue weighted by atomic mass is 35.5. The fourth-order valence-electron chi connectivity index (χ4n) is 3.87. The Bertz CT molecular complexity index is 686. The molecule has 5 heteroatoms. The van der Waals surface area contributed by atoms with Crippen molar-refractivity contribution in [2.24, 2.45) is 5.92 Å². The molecule has 1 aromatic rings. The summed E-state index contributed by atoms with van der Waals surface area (Å²) in [5.74, 6) is 0.0992. The molecule has 1 heterocycles. The number of amides is 1. The molecule has 124 valence electrons. The molecule has 1 aliphatic carbocycles. The lowest BCUT2D eigenvalue weighted by molar-refractivity contribution is -0.115. The molecular weight excluding hydrogens is 317 g/mol. The Balaban J connectivity index is 2.05. The van der Waals surface area contributed by atoms with Gasteiger partial charge in [-0.15, -0.1) is 0 Å². The Hall–Kier alpha value is -1.55. The number of carbonyl (C=O) groups is 1. The molecule has 3 rings (SSSR count). The number of hydrogen-bond acceptors (Lipinski definition) is 2. The summed E-state index contributed by atoms with van der Waals surface area (Å²) in [7, 11) is 1.48. The van der Waals surface area contributed by atoms with Gasteiger partial charge in [0.2, 0.25) is 0 Å². The Morgan fingerprint density at radius 2 is 2.17 bits per heavy atom. The van der Waals surface area contributed by atoms with Crippen LogP contribution >= 0.6 is 11.6 Å². The third-order valence-electron chi connectivity index (χ3n) is 5.07. The van der Waals surface area contributed by atoms with E-state index < -0.39 is 5.82 Å². The first-order valence-electron chi connectivity index (χ1n) is 8.09. The first-order valence-corrected chi connectivity index (χ1v) is 8.46. The van der Waals surface area contributed by atoms with Crippen molar-refractivity contribution in [3.05, 3.63) is 34.1 Å². The van der Waals surface area contributed by atoms with E-state index in [4.69, 9.17) is 16.3 Å². The SMILES string of the molecule is CCC1CCCC2=C1C(=O)N(c1cc(OC)c(Cl)cc1F)C2C. The standard InChI is InChI=1S/C18H21ClFNO2/c1-4-11-6-5-7-12-10(2)21(18(22)17(11)12)15-9-16(23-3)13(19)8-14(15)20/h8-11H,4-7H2,1-3H3. The van der Waals surface area contributed by atoms with Crippen molar-refractivity contribution >= 4 is 23.2 Å². The predicted octanol–water partition coefficient (Wildman–Crippen LogP) is 4.73. The number of nitrogens with zero attached hydrogens (tertiary/aromatic N) is 1. The number of benzene rings is 1. The fourth-order valence-corrected chi connectivity index (χ4v) is 4.10. The molecule has 0 saturated heterocycles. The zero-order chi connectivity index (χ0) is 16.7. The van der Waals surface area contributed by atoms with Crippen LogP contribution < -0.4 is 9.64 Å². The van der Waals surface area contributed by atoms with Crippen molar-refractivity contribution in [1.29, 1.82) is 0 Å². The predicted molar refractivity (Wildman–Crippen MR) is 89.6 cm³/mol. The average molecular weight is 338 g/mol. The highest BCUT2D eigenvalue weighted by molar-refractivity contribution is 6.32. The molecule has 0 aromatic heterocycles. The highest BCUT2D eigenvalue weighted by Gasteiger charge is 2.42. The van der Waals surface area contributed by atoms with E-state index >= 15 is 0 Å². The number of carbonyl (C=O) groups excluding carboxylic acids is 1. The van der Waals surface area contributed by atoms with E-state index in [1.807, 2.05) is 6.92 Å². The molecule has 23 heavy (non-hydrogen) atoms. The number of hydrogen-bond donors (Lipinski definition) is 0. The van der Waals surface area contributed by atoms with Gasteiger partial charge in [-0.05, 0) is 50.2 Å². The van der Waals surface area contributed by atoms with Crippen LogP contribution in [0.3, 0.4) is 0 Å². The van der Waals surface area contributed by atoms with Crippen molar-refractivity contribution < 1.29 is 13.9 Å². The molecule has 2 unspecified atom stereocenters. The molecule has 0 radical (unpaired) electrons. The van der Waals surface area contributed by atoms with Gasteiger partial charge in [0.15, 0.2) is 0 Å². The van der Waals surface area contributed by atoms with Crippen molar-refractivity contribution in [3.8, 4) is 5.75 Å². The van der Waals surface area contributed by atoms with Crippen LogP contribution in [0.4, 0.5) is 10.1 Å². The van der Waals surface area contributed by atoms with E-state index in [-0.39, 0.29) is 28.6 Å². The third-order valence-corrected chi connectivity index (χ3v) is 5.36. The van der Waals surface area contributed by atoms with Crippen molar-refractivity contribution in [3.63, 3.8) is 0 Å². The van der Waals surface area contributed by atoms with Gasteiger partial charge in [0, 0.05) is 11.6 Å². The lowest BCUT2D eigenvalue weighted by atomic mass is 9.81. The van der Waals surface area contributed by atoms with Crippen LogP contribution in [-0.2, 0) is 4.79 Å². The average Bonchev–Trinajstić information content (AvgIpc) is 2.80. The summed E-state index contributed by atoms with van der Waals surface area (Å²) in [5, 5.41) is 0.206. The molecule has 3 nitrogen and oxygen atoms in total. The van der Waals surface area contributed by atoms with E-state index in [0.717, 1.165) is 31.3 Å². The van der Waals surface area contributed by atoms with E-state index in [9.17, 15) is 9.18 Å². The number of methoxy groups -OCH3 is 1. The van der Waals surface area contributed by atoms with Crippen molar-refractivity contribution in [2.45, 2.75) is 45.6 Å². The van der Waals surface area contributed by atoms with E-state index in [2.05, 4.69) is 6.92 Å². The molecule has 0 bridgehead atoms. The zero-order valence-electron chi connectivity index (χ0n) is 13.7. The Kier molecular flexibility index (Phi) is 4.37. The maximum Gasteiger partial charge on any atom is 0.255 e. The van der Waals surface area contributed by atoms with Gasteiger partial charge >= 0.3 is 0 Å². The Morgan fingerprint density at radius 3 is 2.83 bits per heavy atom. The lowest BCUT2D eigenvalue weighted by Crippen LogP contribution is -2.34. The molecule has 2 atom stereocenters. The summed E-state index contributed by atoms with van der Waals surface area (Å²) in [6.45, 7) is 4.08. The summed E-state index contributed by atoms with van der Waals surface area (Å²) in [4.78, 5) is 14.5. The minimum Gasteiger partial charge on any atom is -0.495 e. The van der Waals surface area contributed by atoms with Crippen LogP contribution in [-0.4, -0.2) is 19.1 Å². The van der Waals surface area contributed by atoms with Crippen LogP contribution in [0.15, 0.2) is 23.3 Å². The van der Waals surface area contributed by atoms with Crippen LogP contribution in [0.25, 0.3) is 0 Å². The van der Waals surface area contributed by atoms with Crippen molar-refractivity contribution in [2.75, 3.05) is 12.0 Å². The van der Waals surface area contributed by atoms with Crippen LogP contribution in [0.2, 0.25) is 5.02 Å². The summed E-state index contributed by atoms with van der Waals surface area (Å²) in [5.41, 5.74) is 2.31. The second-order valence-corrected chi connectivity index (χ2v) is 6.63. The van der Waals surface area contributed by atoms with E-state index in [0.29, 0.717) is 5.75 Å². The minimum absolute atomic E-state index is 0.0673. The second kappa shape index (κ2) is 6.16. The smallest absolute Gasteiger partial charge is 0.255 e. The summed E-state index contributed by atoms with van der Waals surface area (Å²) in [6.07, 6.45) is 3.99. The summed E-state index contributed by atoms with van der Waals surface area (Å²) < 4.78 is 19.7. The second-order valence-electron chi connectivity index (χ2n) is 6.23. The fraction of sp³-hybridized carbons (Fsp3) is 0.500. The van der Waals surface area contributed by atoms with Gasteiger partial charge in [0.1, 0.15) is 11.6 Å². The van der Waals surface area contributed by atoms with Gasteiger partial charge in [-0.3, -0.25) is 9.69 Å².